The fourth-order valence-corrected chi connectivity index (χ4v) is 2.39. The average Bonchev–Trinajstić information content (AvgIpc) is 2.49. The zero-order chi connectivity index (χ0) is 16.1. The highest BCUT2D eigenvalue weighted by Gasteiger charge is 2.24. The van der Waals surface area contributed by atoms with Gasteiger partial charge in [0.1, 0.15) is 11.6 Å². The molecule has 1 fully saturated rings. The van der Waals surface area contributed by atoms with Crippen LogP contribution in [0.4, 0.5) is 23.7 Å². The van der Waals surface area contributed by atoms with Gasteiger partial charge >= 0.3 is 12.6 Å². The van der Waals surface area contributed by atoms with Crippen molar-refractivity contribution in [1.82, 2.24) is 4.90 Å². The van der Waals surface area contributed by atoms with E-state index in [1.165, 1.54) is 4.90 Å². The number of rotatable bonds is 4. The summed E-state index contributed by atoms with van der Waals surface area (Å²) in [5.74, 6) is -0.993. The Labute approximate surface area is 125 Å². The summed E-state index contributed by atoms with van der Waals surface area (Å²) in [5, 5.41) is 11.5. The van der Waals surface area contributed by atoms with Crippen molar-refractivity contribution in [3.63, 3.8) is 0 Å². The van der Waals surface area contributed by atoms with Gasteiger partial charge in [0, 0.05) is 25.8 Å². The van der Waals surface area contributed by atoms with Crippen LogP contribution in [-0.2, 0) is 0 Å². The Bertz CT molecular complexity index is 528. The van der Waals surface area contributed by atoms with Gasteiger partial charge in [-0.25, -0.2) is 9.18 Å². The molecule has 0 aromatic heterocycles. The maximum Gasteiger partial charge on any atom is 0.387 e. The van der Waals surface area contributed by atoms with Crippen molar-refractivity contribution in [3.8, 4) is 5.75 Å². The number of likely N-dealkylation sites (tertiary alicyclic amines) is 1. The molecule has 2 rings (SSSR count). The number of halogens is 3. The first kappa shape index (κ1) is 16.4. The molecule has 122 valence electrons. The molecular weight excluding hydrogens is 301 g/mol. The molecule has 1 aliphatic rings. The number of nitrogens with one attached hydrogen (secondary N) is 1. The number of benzene rings is 1. The number of ether oxygens (including phenoxy) is 1. The molecule has 2 amide bonds. The summed E-state index contributed by atoms with van der Waals surface area (Å²) in [6.45, 7) is -2.25. The summed E-state index contributed by atoms with van der Waals surface area (Å²) in [7, 11) is 0. The van der Waals surface area contributed by atoms with Gasteiger partial charge in [0.05, 0.1) is 5.69 Å². The van der Waals surface area contributed by atoms with Gasteiger partial charge in [-0.05, 0) is 30.9 Å². The van der Waals surface area contributed by atoms with Crippen molar-refractivity contribution in [2.24, 2.45) is 5.92 Å². The van der Waals surface area contributed by atoms with Crippen LogP contribution in [0.25, 0.3) is 0 Å². The average molecular weight is 318 g/mol. The number of anilines is 1. The molecule has 0 spiro atoms. The Morgan fingerprint density at radius 2 is 2.27 bits per heavy atom. The van der Waals surface area contributed by atoms with Gasteiger partial charge in [-0.15, -0.1) is 0 Å². The normalized spacial score (nSPS) is 18.4. The van der Waals surface area contributed by atoms with Crippen molar-refractivity contribution >= 4 is 11.7 Å². The van der Waals surface area contributed by atoms with Crippen LogP contribution >= 0.6 is 0 Å². The number of carbonyl (C=O) groups is 1. The number of nitrogens with zero attached hydrogens (tertiary/aromatic N) is 1. The Balaban J connectivity index is 2.08. The highest BCUT2D eigenvalue weighted by Crippen LogP contribution is 2.28. The van der Waals surface area contributed by atoms with E-state index >= 15 is 0 Å². The van der Waals surface area contributed by atoms with Crippen LogP contribution in [0.15, 0.2) is 18.2 Å². The number of piperidine rings is 1. The third-order valence-corrected chi connectivity index (χ3v) is 3.46. The van der Waals surface area contributed by atoms with Crippen LogP contribution in [0.1, 0.15) is 12.8 Å². The Kier molecular flexibility index (Phi) is 5.48. The van der Waals surface area contributed by atoms with Crippen molar-refractivity contribution in [2.45, 2.75) is 19.5 Å². The minimum absolute atomic E-state index is 0.0104. The molecule has 1 saturated heterocycles. The van der Waals surface area contributed by atoms with Crippen molar-refractivity contribution in [2.75, 3.05) is 25.0 Å². The summed E-state index contributed by atoms with van der Waals surface area (Å²) in [6.07, 6.45) is 1.56. The topological polar surface area (TPSA) is 61.8 Å². The number of amides is 2. The van der Waals surface area contributed by atoms with Crippen LogP contribution in [0.5, 0.6) is 5.75 Å². The molecule has 1 atom stereocenters. The molecule has 0 saturated carbocycles. The lowest BCUT2D eigenvalue weighted by molar-refractivity contribution is -0.0494. The van der Waals surface area contributed by atoms with Crippen molar-refractivity contribution < 1.29 is 27.8 Å². The van der Waals surface area contributed by atoms with E-state index < -0.39 is 18.5 Å². The van der Waals surface area contributed by atoms with Gasteiger partial charge < -0.3 is 20.1 Å². The molecule has 22 heavy (non-hydrogen) atoms. The molecule has 8 heteroatoms. The van der Waals surface area contributed by atoms with E-state index in [1.54, 1.807) is 0 Å². The first-order chi connectivity index (χ1) is 10.5. The first-order valence-electron chi connectivity index (χ1n) is 6.90. The van der Waals surface area contributed by atoms with Crippen LogP contribution in [-0.4, -0.2) is 42.3 Å². The quantitative estimate of drug-likeness (QED) is 0.897. The van der Waals surface area contributed by atoms with Gasteiger partial charge in [0.25, 0.3) is 0 Å². The number of alkyl halides is 2. The van der Waals surface area contributed by atoms with Crippen molar-refractivity contribution in [3.05, 3.63) is 24.0 Å². The Morgan fingerprint density at radius 1 is 1.50 bits per heavy atom. The van der Waals surface area contributed by atoms with Crippen LogP contribution in [0, 0.1) is 11.7 Å². The van der Waals surface area contributed by atoms with Crippen LogP contribution in [0.3, 0.4) is 0 Å². The van der Waals surface area contributed by atoms with Gasteiger partial charge in [-0.2, -0.15) is 8.78 Å². The van der Waals surface area contributed by atoms with E-state index in [9.17, 15) is 18.0 Å². The predicted molar refractivity (Wildman–Crippen MR) is 73.4 cm³/mol. The summed E-state index contributed by atoms with van der Waals surface area (Å²) in [5.41, 5.74) is -0.156. The zero-order valence-electron chi connectivity index (χ0n) is 11.8. The lowest BCUT2D eigenvalue weighted by Crippen LogP contribution is -2.43. The van der Waals surface area contributed by atoms with E-state index in [1.807, 2.05) is 0 Å². The third-order valence-electron chi connectivity index (χ3n) is 3.46. The summed E-state index contributed by atoms with van der Waals surface area (Å²) in [6, 6.07) is 2.38. The molecule has 1 aromatic rings. The Morgan fingerprint density at radius 3 is 2.95 bits per heavy atom. The lowest BCUT2D eigenvalue weighted by atomic mass is 9.99. The standard InChI is InChI=1S/C14H17F3N2O3/c15-10-3-4-12(22-13(16)17)11(6-10)18-14(21)19-5-1-2-9(7-19)8-20/h3-4,6,9,13,20H,1-2,5,7-8H2,(H,18,21). The van der Waals surface area contributed by atoms with Gasteiger partial charge in [0.15, 0.2) is 0 Å². The molecule has 0 radical (unpaired) electrons. The van der Waals surface area contributed by atoms with Gasteiger partial charge in [0.2, 0.25) is 0 Å². The summed E-state index contributed by atoms with van der Waals surface area (Å²) in [4.78, 5) is 13.6. The Hall–Kier alpha value is -1.96. The van der Waals surface area contributed by atoms with Crippen LogP contribution < -0.4 is 10.1 Å². The number of aliphatic hydroxyl groups excluding tert-OH is 1. The molecule has 1 heterocycles. The summed E-state index contributed by atoms with van der Waals surface area (Å²) >= 11 is 0. The fraction of sp³-hybridized carbons (Fsp3) is 0.500. The maximum atomic E-state index is 13.3. The van der Waals surface area contributed by atoms with E-state index in [4.69, 9.17) is 5.11 Å². The summed E-state index contributed by atoms with van der Waals surface area (Å²) < 4.78 is 42.2. The number of aliphatic hydroxyl groups is 1. The lowest BCUT2D eigenvalue weighted by Gasteiger charge is -2.32. The van der Waals surface area contributed by atoms with E-state index in [2.05, 4.69) is 10.1 Å². The molecule has 0 bridgehead atoms. The first-order valence-corrected chi connectivity index (χ1v) is 6.90. The second-order valence-electron chi connectivity index (χ2n) is 5.09. The van der Waals surface area contributed by atoms with Crippen LogP contribution in [0.2, 0.25) is 0 Å². The smallest absolute Gasteiger partial charge is 0.387 e. The zero-order valence-corrected chi connectivity index (χ0v) is 11.8. The highest BCUT2D eigenvalue weighted by atomic mass is 19.3. The minimum Gasteiger partial charge on any atom is -0.433 e. The van der Waals surface area contributed by atoms with E-state index in [0.717, 1.165) is 31.0 Å². The number of carbonyl (C=O) groups excluding carboxylic acids is 1. The molecule has 2 N–H and O–H groups in total. The number of hydrogen-bond donors (Lipinski definition) is 2. The molecule has 5 nitrogen and oxygen atoms in total. The fourth-order valence-electron chi connectivity index (χ4n) is 2.39. The van der Waals surface area contributed by atoms with E-state index in [-0.39, 0.29) is 24.0 Å². The van der Waals surface area contributed by atoms with Gasteiger partial charge in [-0.1, -0.05) is 0 Å². The second-order valence-corrected chi connectivity index (χ2v) is 5.09. The second kappa shape index (κ2) is 7.35. The maximum absolute atomic E-state index is 13.3. The largest absolute Gasteiger partial charge is 0.433 e. The molecule has 1 aromatic carbocycles. The molecule has 1 unspecified atom stereocenters. The van der Waals surface area contributed by atoms with E-state index in [0.29, 0.717) is 13.1 Å². The highest BCUT2D eigenvalue weighted by molar-refractivity contribution is 5.91. The minimum atomic E-state index is -3.07. The number of urea groups is 1. The SMILES string of the molecule is O=C(Nc1cc(F)ccc1OC(F)F)N1CCCC(CO)C1. The van der Waals surface area contributed by atoms with Gasteiger partial charge in [-0.3, -0.25) is 0 Å². The monoisotopic (exact) mass is 318 g/mol. The predicted octanol–water partition coefficient (Wildman–Crippen LogP) is 2.66. The molecular formula is C14H17F3N2O3. The third kappa shape index (κ3) is 4.27. The molecule has 0 aliphatic carbocycles. The molecule has 1 aliphatic heterocycles. The number of hydrogen-bond acceptors (Lipinski definition) is 3. The van der Waals surface area contributed by atoms with Crippen molar-refractivity contribution in [1.29, 1.82) is 0 Å².